The maximum atomic E-state index is 10.5. The SMILES string of the molecule is CC=CCSCC(NC=O)C(=O)O. The number of hydrogen-bond donors (Lipinski definition) is 2. The molecule has 0 fully saturated rings. The molecular formula is C8H13NO3S. The maximum Gasteiger partial charge on any atom is 0.327 e. The lowest BCUT2D eigenvalue weighted by atomic mass is 10.3. The normalized spacial score (nSPS) is 12.7. The van der Waals surface area contributed by atoms with Crippen molar-refractivity contribution in [3.05, 3.63) is 12.2 Å². The van der Waals surface area contributed by atoms with E-state index in [2.05, 4.69) is 5.32 Å². The van der Waals surface area contributed by atoms with Crippen LogP contribution in [0.2, 0.25) is 0 Å². The molecule has 1 unspecified atom stereocenters. The van der Waals surface area contributed by atoms with Gasteiger partial charge in [-0.3, -0.25) is 4.79 Å². The van der Waals surface area contributed by atoms with Crippen molar-refractivity contribution < 1.29 is 14.7 Å². The second-order valence-corrected chi connectivity index (χ2v) is 3.36. The van der Waals surface area contributed by atoms with Gasteiger partial charge in [-0.25, -0.2) is 4.79 Å². The number of nitrogens with one attached hydrogen (secondary N) is 1. The zero-order valence-corrected chi connectivity index (χ0v) is 8.21. The second-order valence-electron chi connectivity index (χ2n) is 2.28. The highest BCUT2D eigenvalue weighted by Crippen LogP contribution is 2.03. The van der Waals surface area contributed by atoms with Crippen molar-refractivity contribution in [3.63, 3.8) is 0 Å². The largest absolute Gasteiger partial charge is 0.480 e. The molecule has 0 spiro atoms. The van der Waals surface area contributed by atoms with E-state index in [1.54, 1.807) is 0 Å². The van der Waals surface area contributed by atoms with Crippen LogP contribution in [0.4, 0.5) is 0 Å². The molecule has 1 amide bonds. The Bertz CT molecular complexity index is 194. The number of hydrogen-bond acceptors (Lipinski definition) is 3. The van der Waals surface area contributed by atoms with Gasteiger partial charge in [0.15, 0.2) is 0 Å². The fraction of sp³-hybridized carbons (Fsp3) is 0.500. The van der Waals surface area contributed by atoms with Crippen LogP contribution in [0.15, 0.2) is 12.2 Å². The summed E-state index contributed by atoms with van der Waals surface area (Å²) in [6.07, 6.45) is 4.25. The molecule has 0 aromatic rings. The molecule has 4 nitrogen and oxygen atoms in total. The number of thioether (sulfide) groups is 1. The number of aliphatic carboxylic acids is 1. The van der Waals surface area contributed by atoms with Gasteiger partial charge in [-0.2, -0.15) is 11.8 Å². The second kappa shape index (κ2) is 7.67. The quantitative estimate of drug-likeness (QED) is 0.359. The Morgan fingerprint density at radius 2 is 2.38 bits per heavy atom. The molecule has 0 heterocycles. The minimum atomic E-state index is -1.000. The molecule has 0 aliphatic carbocycles. The molecule has 0 aliphatic rings. The van der Waals surface area contributed by atoms with Crippen LogP contribution < -0.4 is 5.32 Å². The Kier molecular flexibility index (Phi) is 7.10. The summed E-state index contributed by atoms with van der Waals surface area (Å²) >= 11 is 1.47. The summed E-state index contributed by atoms with van der Waals surface area (Å²) in [5, 5.41) is 10.8. The van der Waals surface area contributed by atoms with Crippen molar-refractivity contribution in [1.82, 2.24) is 5.32 Å². The van der Waals surface area contributed by atoms with Crippen LogP contribution in [-0.2, 0) is 9.59 Å². The molecule has 13 heavy (non-hydrogen) atoms. The van der Waals surface area contributed by atoms with E-state index in [-0.39, 0.29) is 0 Å². The minimum absolute atomic E-state index is 0.387. The smallest absolute Gasteiger partial charge is 0.327 e. The molecule has 74 valence electrons. The van der Waals surface area contributed by atoms with Crippen molar-refractivity contribution in [1.29, 1.82) is 0 Å². The standard InChI is InChI=1S/C8H13NO3S/c1-2-3-4-13-5-7(8(11)12)9-6-10/h2-3,6-7H,4-5H2,1H3,(H,9,10)(H,11,12). The Balaban J connectivity index is 3.69. The summed E-state index contributed by atoms with van der Waals surface area (Å²) in [4.78, 5) is 20.5. The minimum Gasteiger partial charge on any atom is -0.480 e. The first-order valence-electron chi connectivity index (χ1n) is 3.83. The summed E-state index contributed by atoms with van der Waals surface area (Å²) in [6, 6.07) is -0.784. The first-order valence-corrected chi connectivity index (χ1v) is 4.99. The highest BCUT2D eigenvalue weighted by atomic mass is 32.2. The van der Waals surface area contributed by atoms with E-state index < -0.39 is 12.0 Å². The van der Waals surface area contributed by atoms with Crippen LogP contribution in [0.25, 0.3) is 0 Å². The van der Waals surface area contributed by atoms with E-state index in [1.165, 1.54) is 11.8 Å². The average molecular weight is 203 g/mol. The molecule has 1 atom stereocenters. The van der Waals surface area contributed by atoms with Gasteiger partial charge in [0.2, 0.25) is 6.41 Å². The molecule has 0 aromatic heterocycles. The third-order valence-electron chi connectivity index (χ3n) is 1.30. The Hall–Kier alpha value is -0.970. The Labute approximate surface area is 81.4 Å². The third-order valence-corrected chi connectivity index (χ3v) is 2.30. The van der Waals surface area contributed by atoms with Crippen molar-refractivity contribution in [2.45, 2.75) is 13.0 Å². The highest BCUT2D eigenvalue weighted by Gasteiger charge is 2.14. The number of carbonyl (C=O) groups is 2. The van der Waals surface area contributed by atoms with Gasteiger partial charge in [0.1, 0.15) is 6.04 Å². The molecule has 5 heteroatoms. The summed E-state index contributed by atoms with van der Waals surface area (Å²) in [6.45, 7) is 1.90. The lowest BCUT2D eigenvalue weighted by Crippen LogP contribution is -2.37. The van der Waals surface area contributed by atoms with Crippen molar-refractivity contribution in [2.75, 3.05) is 11.5 Å². The van der Waals surface area contributed by atoms with Crippen LogP contribution in [0.3, 0.4) is 0 Å². The van der Waals surface area contributed by atoms with Gasteiger partial charge in [0, 0.05) is 11.5 Å². The Morgan fingerprint density at radius 1 is 1.69 bits per heavy atom. The summed E-state index contributed by atoms with van der Waals surface area (Å²) < 4.78 is 0. The number of rotatable bonds is 7. The fourth-order valence-corrected chi connectivity index (χ4v) is 1.56. The van der Waals surface area contributed by atoms with Gasteiger partial charge >= 0.3 is 5.97 Å². The van der Waals surface area contributed by atoms with Gasteiger partial charge in [-0.1, -0.05) is 12.2 Å². The molecule has 0 aromatic carbocycles. The summed E-state index contributed by atoms with van der Waals surface area (Å²) in [7, 11) is 0. The molecule has 0 radical (unpaired) electrons. The molecule has 0 saturated heterocycles. The van der Waals surface area contributed by atoms with Crippen molar-refractivity contribution in [3.8, 4) is 0 Å². The zero-order chi connectivity index (χ0) is 10.1. The van der Waals surface area contributed by atoms with Crippen LogP contribution in [-0.4, -0.2) is 35.0 Å². The maximum absolute atomic E-state index is 10.5. The number of carboxylic acids is 1. The Morgan fingerprint density at radius 3 is 2.85 bits per heavy atom. The summed E-state index contributed by atoms with van der Waals surface area (Å²) in [5.74, 6) is 0.152. The van der Waals surface area contributed by atoms with Crippen molar-refractivity contribution in [2.24, 2.45) is 0 Å². The fourth-order valence-electron chi connectivity index (χ4n) is 0.623. The van der Waals surface area contributed by atoms with Gasteiger partial charge < -0.3 is 10.4 Å². The lowest BCUT2D eigenvalue weighted by molar-refractivity contribution is -0.139. The van der Waals surface area contributed by atoms with E-state index in [1.807, 2.05) is 19.1 Å². The molecular weight excluding hydrogens is 190 g/mol. The van der Waals surface area contributed by atoms with Gasteiger partial charge in [-0.05, 0) is 6.92 Å². The number of amides is 1. The van der Waals surface area contributed by atoms with Gasteiger partial charge in [0.25, 0.3) is 0 Å². The van der Waals surface area contributed by atoms with E-state index in [4.69, 9.17) is 5.11 Å². The van der Waals surface area contributed by atoms with E-state index in [0.29, 0.717) is 12.2 Å². The average Bonchev–Trinajstić information content (AvgIpc) is 2.10. The first kappa shape index (κ1) is 12.0. The lowest BCUT2D eigenvalue weighted by Gasteiger charge is -2.08. The zero-order valence-electron chi connectivity index (χ0n) is 7.40. The van der Waals surface area contributed by atoms with Crippen LogP contribution in [0.1, 0.15) is 6.92 Å². The number of carbonyl (C=O) groups excluding carboxylic acids is 1. The van der Waals surface area contributed by atoms with E-state index in [9.17, 15) is 9.59 Å². The predicted molar refractivity (Wildman–Crippen MR) is 52.8 cm³/mol. The van der Waals surface area contributed by atoms with Crippen LogP contribution in [0.5, 0.6) is 0 Å². The van der Waals surface area contributed by atoms with E-state index in [0.717, 1.165) is 5.75 Å². The molecule has 0 rings (SSSR count). The highest BCUT2D eigenvalue weighted by molar-refractivity contribution is 7.99. The van der Waals surface area contributed by atoms with E-state index >= 15 is 0 Å². The first-order chi connectivity index (χ1) is 6.22. The van der Waals surface area contributed by atoms with Gasteiger partial charge in [0.05, 0.1) is 0 Å². The molecule has 0 aliphatic heterocycles. The molecule has 0 saturated carbocycles. The third kappa shape index (κ3) is 6.21. The number of allylic oxidation sites excluding steroid dienone is 1. The van der Waals surface area contributed by atoms with Crippen LogP contribution >= 0.6 is 11.8 Å². The monoisotopic (exact) mass is 203 g/mol. The molecule has 2 N–H and O–H groups in total. The topological polar surface area (TPSA) is 66.4 Å². The van der Waals surface area contributed by atoms with Crippen LogP contribution in [0, 0.1) is 0 Å². The van der Waals surface area contributed by atoms with Gasteiger partial charge in [-0.15, -0.1) is 0 Å². The summed E-state index contributed by atoms with van der Waals surface area (Å²) in [5.41, 5.74) is 0. The molecule has 0 bridgehead atoms. The number of carboxylic acid groups (broad SMARTS) is 1. The van der Waals surface area contributed by atoms with Crippen molar-refractivity contribution >= 4 is 24.1 Å². The predicted octanol–water partition coefficient (Wildman–Crippen LogP) is 0.495.